The van der Waals surface area contributed by atoms with Gasteiger partial charge in [-0.3, -0.25) is 4.98 Å². The highest BCUT2D eigenvalue weighted by Gasteiger charge is 2.10. The summed E-state index contributed by atoms with van der Waals surface area (Å²) in [5.41, 5.74) is 1.72. The monoisotopic (exact) mass is 295 g/mol. The van der Waals surface area contributed by atoms with Crippen molar-refractivity contribution in [1.82, 2.24) is 9.97 Å². The van der Waals surface area contributed by atoms with E-state index in [9.17, 15) is 0 Å². The van der Waals surface area contributed by atoms with Crippen LogP contribution in [0.5, 0.6) is 0 Å². The maximum atomic E-state index is 6.03. The fourth-order valence-corrected chi connectivity index (χ4v) is 2.23. The molecule has 5 heteroatoms. The Kier molecular flexibility index (Phi) is 5.00. The second kappa shape index (κ2) is 6.73. The molecule has 0 aliphatic heterocycles. The number of anilines is 1. The first kappa shape index (κ1) is 14.1. The van der Waals surface area contributed by atoms with Gasteiger partial charge in [-0.25, -0.2) is 4.98 Å². The molecule has 0 bridgehead atoms. The number of halogens is 2. The van der Waals surface area contributed by atoms with Crippen LogP contribution in [0.25, 0.3) is 0 Å². The predicted octanol–water partition coefficient (Wildman–Crippen LogP) is 3.90. The van der Waals surface area contributed by atoms with Crippen molar-refractivity contribution in [2.75, 3.05) is 11.4 Å². The van der Waals surface area contributed by atoms with Crippen LogP contribution in [-0.4, -0.2) is 16.5 Å². The number of aromatic nitrogens is 2. The van der Waals surface area contributed by atoms with Gasteiger partial charge in [-0.2, -0.15) is 0 Å². The van der Waals surface area contributed by atoms with Crippen LogP contribution >= 0.6 is 23.2 Å². The first-order valence-corrected chi connectivity index (χ1v) is 7.02. The Hall–Kier alpha value is -1.32. The molecule has 0 spiro atoms. The lowest BCUT2D eigenvalue weighted by molar-refractivity contribution is 0.791. The summed E-state index contributed by atoms with van der Waals surface area (Å²) in [5, 5.41) is 0.604. The first-order chi connectivity index (χ1) is 9.24. The van der Waals surface area contributed by atoms with E-state index in [2.05, 4.69) is 21.8 Å². The van der Waals surface area contributed by atoms with Gasteiger partial charge in [0.25, 0.3) is 0 Å². The van der Waals surface area contributed by atoms with Crippen molar-refractivity contribution in [3.63, 3.8) is 0 Å². The number of rotatable bonds is 5. The van der Waals surface area contributed by atoms with E-state index in [4.69, 9.17) is 23.2 Å². The third-order valence-electron chi connectivity index (χ3n) is 2.82. The maximum absolute atomic E-state index is 6.03. The van der Waals surface area contributed by atoms with Gasteiger partial charge in [0.2, 0.25) is 0 Å². The average molecular weight is 296 g/mol. The lowest BCUT2D eigenvalue weighted by Gasteiger charge is -2.22. The lowest BCUT2D eigenvalue weighted by Crippen LogP contribution is -2.23. The van der Waals surface area contributed by atoms with Gasteiger partial charge in [0.05, 0.1) is 28.8 Å². The molecule has 0 unspecified atom stereocenters. The van der Waals surface area contributed by atoms with Crippen molar-refractivity contribution in [1.29, 1.82) is 0 Å². The van der Waals surface area contributed by atoms with Gasteiger partial charge in [-0.15, -0.1) is 11.6 Å². The fraction of sp³-hybridized carbons (Fsp3) is 0.286. The van der Waals surface area contributed by atoms with E-state index in [0.29, 0.717) is 23.1 Å². The van der Waals surface area contributed by atoms with Crippen molar-refractivity contribution in [3.05, 3.63) is 52.9 Å². The predicted molar refractivity (Wildman–Crippen MR) is 79.8 cm³/mol. The first-order valence-electron chi connectivity index (χ1n) is 6.10. The molecule has 2 aromatic heterocycles. The van der Waals surface area contributed by atoms with Crippen molar-refractivity contribution >= 4 is 29.0 Å². The van der Waals surface area contributed by atoms with E-state index < -0.39 is 0 Å². The van der Waals surface area contributed by atoms with Crippen LogP contribution in [0.3, 0.4) is 0 Å². The molecule has 0 atom stereocenters. The van der Waals surface area contributed by atoms with Crippen molar-refractivity contribution in [3.8, 4) is 0 Å². The molecule has 100 valence electrons. The van der Waals surface area contributed by atoms with E-state index in [1.54, 1.807) is 6.20 Å². The maximum Gasteiger partial charge on any atom is 0.129 e. The number of hydrogen-bond donors (Lipinski definition) is 0. The minimum absolute atomic E-state index is 0.313. The molecule has 0 N–H and O–H groups in total. The van der Waals surface area contributed by atoms with Crippen LogP contribution in [0.2, 0.25) is 5.02 Å². The van der Waals surface area contributed by atoms with Gasteiger partial charge >= 0.3 is 0 Å². The zero-order valence-electron chi connectivity index (χ0n) is 10.7. The molecule has 2 heterocycles. The highest BCUT2D eigenvalue weighted by atomic mass is 35.5. The van der Waals surface area contributed by atoms with Gasteiger partial charge in [0, 0.05) is 12.7 Å². The van der Waals surface area contributed by atoms with Crippen LogP contribution in [0.1, 0.15) is 18.3 Å². The third kappa shape index (κ3) is 3.58. The minimum Gasteiger partial charge on any atom is -0.351 e. The van der Waals surface area contributed by atoms with Crippen molar-refractivity contribution < 1.29 is 0 Å². The summed E-state index contributed by atoms with van der Waals surface area (Å²) in [4.78, 5) is 11.0. The van der Waals surface area contributed by atoms with E-state index in [1.807, 2.05) is 30.3 Å². The van der Waals surface area contributed by atoms with Crippen LogP contribution < -0.4 is 4.90 Å². The minimum atomic E-state index is 0.313. The van der Waals surface area contributed by atoms with Crippen molar-refractivity contribution in [2.24, 2.45) is 0 Å². The van der Waals surface area contributed by atoms with Gasteiger partial charge in [0.1, 0.15) is 5.82 Å². The normalized spacial score (nSPS) is 10.5. The van der Waals surface area contributed by atoms with E-state index >= 15 is 0 Å². The summed E-state index contributed by atoms with van der Waals surface area (Å²) >= 11 is 11.9. The average Bonchev–Trinajstić information content (AvgIpc) is 2.46. The zero-order valence-corrected chi connectivity index (χ0v) is 12.2. The summed E-state index contributed by atoms with van der Waals surface area (Å²) in [5.74, 6) is 1.18. The highest BCUT2D eigenvalue weighted by molar-refractivity contribution is 6.32. The molecule has 0 radical (unpaired) electrons. The number of pyridine rings is 2. The Morgan fingerprint density at radius 1 is 1.21 bits per heavy atom. The summed E-state index contributed by atoms with van der Waals surface area (Å²) < 4.78 is 0. The fourth-order valence-electron chi connectivity index (χ4n) is 1.78. The third-order valence-corrected chi connectivity index (χ3v) is 3.41. The Labute approximate surface area is 123 Å². The number of alkyl halides is 1. The molecule has 0 fully saturated rings. The summed E-state index contributed by atoms with van der Waals surface area (Å²) in [6.45, 7) is 3.64. The molecule has 2 aromatic rings. The van der Waals surface area contributed by atoms with Crippen LogP contribution in [0, 0.1) is 0 Å². The zero-order chi connectivity index (χ0) is 13.7. The molecular formula is C14H15Cl2N3. The summed E-state index contributed by atoms with van der Waals surface area (Å²) in [6.07, 6.45) is 1.79. The van der Waals surface area contributed by atoms with E-state index in [-0.39, 0.29) is 0 Å². The molecule has 0 saturated carbocycles. The molecule has 19 heavy (non-hydrogen) atoms. The molecule has 0 aliphatic carbocycles. The van der Waals surface area contributed by atoms with E-state index in [1.165, 1.54) is 0 Å². The SMILES string of the molecule is CCN(Cc1ccccn1)c1ccc(Cl)c(CCl)n1. The van der Waals surface area contributed by atoms with Crippen LogP contribution in [0.4, 0.5) is 5.82 Å². The second-order valence-electron chi connectivity index (χ2n) is 4.07. The molecule has 2 rings (SSSR count). The number of hydrogen-bond acceptors (Lipinski definition) is 3. The molecule has 0 aromatic carbocycles. The van der Waals surface area contributed by atoms with Gasteiger partial charge < -0.3 is 4.90 Å². The Morgan fingerprint density at radius 2 is 2.05 bits per heavy atom. The summed E-state index contributed by atoms with van der Waals surface area (Å²) in [7, 11) is 0. The van der Waals surface area contributed by atoms with Crippen LogP contribution in [-0.2, 0) is 12.4 Å². The second-order valence-corrected chi connectivity index (χ2v) is 4.74. The van der Waals surface area contributed by atoms with E-state index in [0.717, 1.165) is 18.1 Å². The van der Waals surface area contributed by atoms with Crippen LogP contribution in [0.15, 0.2) is 36.5 Å². The Bertz CT molecular complexity index is 531. The Balaban J connectivity index is 2.22. The molecular weight excluding hydrogens is 281 g/mol. The largest absolute Gasteiger partial charge is 0.351 e. The Morgan fingerprint density at radius 3 is 2.68 bits per heavy atom. The molecule has 3 nitrogen and oxygen atoms in total. The molecule has 0 amide bonds. The molecule has 0 saturated heterocycles. The quantitative estimate of drug-likeness (QED) is 0.784. The van der Waals surface area contributed by atoms with Crippen molar-refractivity contribution in [2.45, 2.75) is 19.3 Å². The van der Waals surface area contributed by atoms with Gasteiger partial charge in [-0.1, -0.05) is 17.7 Å². The highest BCUT2D eigenvalue weighted by Crippen LogP contribution is 2.21. The van der Waals surface area contributed by atoms with Gasteiger partial charge in [-0.05, 0) is 31.2 Å². The summed E-state index contributed by atoms with van der Waals surface area (Å²) in [6, 6.07) is 9.64. The topological polar surface area (TPSA) is 29.0 Å². The number of nitrogens with zero attached hydrogens (tertiary/aromatic N) is 3. The lowest BCUT2D eigenvalue weighted by atomic mass is 10.3. The van der Waals surface area contributed by atoms with Gasteiger partial charge in [0.15, 0.2) is 0 Å². The standard InChI is InChI=1S/C14H15Cl2N3/c1-2-19(10-11-5-3-4-8-17-11)14-7-6-12(16)13(9-15)18-14/h3-8H,2,9-10H2,1H3. The smallest absolute Gasteiger partial charge is 0.129 e. The molecule has 0 aliphatic rings.